The second-order valence-electron chi connectivity index (χ2n) is 16.5. The van der Waals surface area contributed by atoms with Gasteiger partial charge in [0, 0.05) is 68.8 Å². The molecule has 11 aromatic rings. The summed E-state index contributed by atoms with van der Waals surface area (Å²) in [5, 5.41) is 4.92. The lowest BCUT2D eigenvalue weighted by Gasteiger charge is -2.27. The number of fused-ring (bicyclic) bond motifs is 7. The third kappa shape index (κ3) is 6.35. The minimum absolute atomic E-state index is 0.673. The molecule has 0 atom stereocenters. The van der Waals surface area contributed by atoms with Crippen LogP contribution >= 0.6 is 0 Å². The van der Waals surface area contributed by atoms with Crippen molar-refractivity contribution in [1.29, 1.82) is 0 Å². The quantitative estimate of drug-likeness (QED) is 0.167. The number of aromatic nitrogens is 3. The van der Waals surface area contributed by atoms with E-state index in [0.717, 1.165) is 67.3 Å². The second kappa shape index (κ2) is 15.5. The Bertz CT molecular complexity index is 3630. The summed E-state index contributed by atoms with van der Waals surface area (Å²) in [7, 11) is 0. The number of hydrogen-bond donors (Lipinski definition) is 0. The van der Waals surface area contributed by atoms with Crippen molar-refractivity contribution in [3.63, 3.8) is 0 Å². The fraction of sp³-hybridized carbons (Fsp3) is 0.0167. The predicted molar refractivity (Wildman–Crippen MR) is 270 cm³/mol. The van der Waals surface area contributed by atoms with E-state index in [4.69, 9.17) is 6.58 Å². The molecular formula is C60H42N4. The van der Waals surface area contributed by atoms with Gasteiger partial charge in [0.15, 0.2) is 0 Å². The molecule has 8 aromatic carbocycles. The molecule has 4 heteroatoms. The average molecular weight is 819 g/mol. The van der Waals surface area contributed by atoms with E-state index in [2.05, 4.69) is 237 Å². The molecule has 0 fully saturated rings. The van der Waals surface area contributed by atoms with Crippen molar-refractivity contribution in [2.45, 2.75) is 0 Å². The highest BCUT2D eigenvalue weighted by atomic mass is 15.1. The molecule has 4 heterocycles. The summed E-state index contributed by atoms with van der Waals surface area (Å²) in [6, 6.07) is 72.3. The topological polar surface area (TPSA) is 26.0 Å². The summed E-state index contributed by atoms with van der Waals surface area (Å²) in [6.45, 7) is 5.50. The lowest BCUT2D eigenvalue weighted by molar-refractivity contribution is 1.09. The van der Waals surface area contributed by atoms with Gasteiger partial charge < -0.3 is 14.0 Å². The number of para-hydroxylation sites is 4. The largest absolute Gasteiger partial charge is 0.337 e. The Morgan fingerprint density at radius 1 is 0.406 bits per heavy atom. The van der Waals surface area contributed by atoms with Gasteiger partial charge in [-0.05, 0) is 142 Å². The molecule has 302 valence electrons. The molecule has 1 aliphatic rings. The van der Waals surface area contributed by atoms with Crippen molar-refractivity contribution in [1.82, 2.24) is 14.1 Å². The monoisotopic (exact) mass is 818 g/mol. The Hall–Kier alpha value is -8.47. The Kier molecular flexibility index (Phi) is 9.01. The zero-order valence-corrected chi connectivity index (χ0v) is 35.1. The van der Waals surface area contributed by atoms with Crippen molar-refractivity contribution in [3.05, 3.63) is 249 Å². The van der Waals surface area contributed by atoms with Gasteiger partial charge in [-0.15, -0.1) is 0 Å². The maximum Gasteiger partial charge on any atom is 0.0541 e. The molecule has 0 bridgehead atoms. The van der Waals surface area contributed by atoms with E-state index < -0.39 is 0 Å². The van der Waals surface area contributed by atoms with Gasteiger partial charge in [0.1, 0.15) is 0 Å². The number of hydrogen-bond acceptors (Lipinski definition) is 2. The summed E-state index contributed by atoms with van der Waals surface area (Å²) < 4.78 is 4.74. The van der Waals surface area contributed by atoms with Crippen molar-refractivity contribution >= 4 is 66.1 Å². The van der Waals surface area contributed by atoms with Gasteiger partial charge in [-0.1, -0.05) is 122 Å². The summed E-state index contributed by atoms with van der Waals surface area (Å²) in [4.78, 5) is 6.64. The van der Waals surface area contributed by atoms with E-state index in [9.17, 15) is 0 Å². The van der Waals surface area contributed by atoms with E-state index in [-0.39, 0.29) is 0 Å². The SMILES string of the molecule is C=C1/C=C(c2ccc3c(c2)c2ccccc2n3-c2ccccc2)\C=C/CN(c2ccc(-c3ccncc3)cc2)c2ccc(-c3ccc4c(c3)c3ccccc3n4-c3ccccc3)cc21. The number of allylic oxidation sites excluding steroid dienone is 4. The lowest BCUT2D eigenvalue weighted by Crippen LogP contribution is -2.18. The first-order chi connectivity index (χ1) is 31.7. The maximum atomic E-state index is 4.82. The molecule has 0 aliphatic carbocycles. The molecule has 0 N–H and O–H groups in total. The molecule has 12 rings (SSSR count). The van der Waals surface area contributed by atoms with Gasteiger partial charge in [0.2, 0.25) is 0 Å². The Morgan fingerprint density at radius 3 is 1.55 bits per heavy atom. The van der Waals surface area contributed by atoms with Crippen molar-refractivity contribution in [2.75, 3.05) is 11.4 Å². The van der Waals surface area contributed by atoms with Crippen LogP contribution < -0.4 is 4.90 Å². The first kappa shape index (κ1) is 37.3. The van der Waals surface area contributed by atoms with Crippen molar-refractivity contribution in [3.8, 4) is 33.6 Å². The van der Waals surface area contributed by atoms with Gasteiger partial charge in [-0.3, -0.25) is 4.98 Å². The van der Waals surface area contributed by atoms with Crippen LogP contribution in [-0.4, -0.2) is 20.7 Å². The van der Waals surface area contributed by atoms with E-state index in [0.29, 0.717) is 6.54 Å². The van der Waals surface area contributed by atoms with Crippen LogP contribution in [0.15, 0.2) is 237 Å². The number of rotatable bonds is 6. The highest BCUT2D eigenvalue weighted by Crippen LogP contribution is 2.41. The third-order valence-corrected chi connectivity index (χ3v) is 12.8. The molecule has 3 aromatic heterocycles. The fourth-order valence-electron chi connectivity index (χ4n) is 9.72. The number of pyridine rings is 1. The molecule has 64 heavy (non-hydrogen) atoms. The molecule has 0 amide bonds. The van der Waals surface area contributed by atoms with Crippen molar-refractivity contribution in [2.24, 2.45) is 0 Å². The van der Waals surface area contributed by atoms with Gasteiger partial charge in [-0.2, -0.15) is 0 Å². The van der Waals surface area contributed by atoms with E-state index >= 15 is 0 Å². The molecule has 0 radical (unpaired) electrons. The van der Waals surface area contributed by atoms with Gasteiger partial charge >= 0.3 is 0 Å². The van der Waals surface area contributed by atoms with Gasteiger partial charge in [0.05, 0.1) is 22.1 Å². The van der Waals surface area contributed by atoms with Crippen LogP contribution in [0.1, 0.15) is 11.1 Å². The second-order valence-corrected chi connectivity index (χ2v) is 16.5. The summed E-state index contributed by atoms with van der Waals surface area (Å²) in [5.74, 6) is 0. The van der Waals surface area contributed by atoms with E-state index in [1.165, 1.54) is 43.6 Å². The minimum atomic E-state index is 0.673. The fourth-order valence-corrected chi connectivity index (χ4v) is 9.72. The van der Waals surface area contributed by atoms with Crippen LogP contribution in [0.25, 0.3) is 88.4 Å². The van der Waals surface area contributed by atoms with E-state index in [1.54, 1.807) is 0 Å². The normalized spacial score (nSPS) is 14.3. The maximum absolute atomic E-state index is 4.82. The first-order valence-corrected chi connectivity index (χ1v) is 21.8. The molecule has 0 spiro atoms. The summed E-state index contributed by atoms with van der Waals surface area (Å²) in [5.41, 5.74) is 18.2. The molecule has 0 saturated heterocycles. The summed E-state index contributed by atoms with van der Waals surface area (Å²) >= 11 is 0. The van der Waals surface area contributed by atoms with Crippen LogP contribution in [-0.2, 0) is 0 Å². The van der Waals surface area contributed by atoms with Gasteiger partial charge in [0.25, 0.3) is 0 Å². The van der Waals surface area contributed by atoms with Crippen LogP contribution in [0.3, 0.4) is 0 Å². The first-order valence-electron chi connectivity index (χ1n) is 21.8. The van der Waals surface area contributed by atoms with Crippen LogP contribution in [0.5, 0.6) is 0 Å². The third-order valence-electron chi connectivity index (χ3n) is 12.8. The highest BCUT2D eigenvalue weighted by Gasteiger charge is 2.20. The molecular weight excluding hydrogens is 777 g/mol. The molecule has 0 saturated carbocycles. The lowest BCUT2D eigenvalue weighted by atomic mass is 9.94. The average Bonchev–Trinajstić information content (AvgIpc) is 3.89. The molecule has 0 unspecified atom stereocenters. The number of benzene rings is 8. The van der Waals surface area contributed by atoms with Gasteiger partial charge in [-0.25, -0.2) is 0 Å². The van der Waals surface area contributed by atoms with Crippen LogP contribution in [0, 0.1) is 0 Å². The predicted octanol–water partition coefficient (Wildman–Crippen LogP) is 15.4. The Morgan fingerprint density at radius 2 is 0.906 bits per heavy atom. The Balaban J connectivity index is 1.00. The minimum Gasteiger partial charge on any atom is -0.337 e. The zero-order chi connectivity index (χ0) is 42.6. The molecule has 4 nitrogen and oxygen atoms in total. The smallest absolute Gasteiger partial charge is 0.0541 e. The standard InChI is InChI=1S/C60H42N4/c1-41-37-44(46-25-30-59-54(39-46)51-18-8-10-20-57(51)63(59)49-14-4-2-5-15-49)13-12-36-62(48-27-22-42(23-28-48)43-32-34-61-35-33-43)56-29-24-45(38-53(41)56)47-26-31-60-55(40-47)52-19-9-11-21-58(52)64(60)50-16-6-3-7-17-50/h2-35,37-40H,1,36H2/b13-12-,44-37+. The van der Waals surface area contributed by atoms with Crippen molar-refractivity contribution < 1.29 is 0 Å². The number of anilines is 2. The molecule has 1 aliphatic heterocycles. The zero-order valence-electron chi connectivity index (χ0n) is 35.1. The Labute approximate surface area is 372 Å². The van der Waals surface area contributed by atoms with Crippen LogP contribution in [0.2, 0.25) is 0 Å². The van der Waals surface area contributed by atoms with E-state index in [1.807, 2.05) is 12.4 Å². The number of nitrogens with zero attached hydrogens (tertiary/aromatic N) is 4. The summed E-state index contributed by atoms with van der Waals surface area (Å²) in [6.07, 6.45) is 10.5. The highest BCUT2D eigenvalue weighted by molar-refractivity contribution is 6.12. The van der Waals surface area contributed by atoms with Crippen LogP contribution in [0.4, 0.5) is 11.4 Å².